The number of halogens is 2. The first-order valence-electron chi connectivity index (χ1n) is 8.94. The van der Waals surface area contributed by atoms with Gasteiger partial charge in [-0.2, -0.15) is 0 Å². The SMILES string of the molecule is COc1ccc(-c2nc(NC(=O)CNC(=O)c3ccc(Cl)cc3Cl)sc2C)cc1C. The van der Waals surface area contributed by atoms with Gasteiger partial charge in [-0.1, -0.05) is 23.2 Å². The molecular weight excluding hydrogens is 445 g/mol. The van der Waals surface area contributed by atoms with Gasteiger partial charge in [0.2, 0.25) is 5.91 Å². The van der Waals surface area contributed by atoms with Crippen LogP contribution in [0.25, 0.3) is 11.3 Å². The van der Waals surface area contributed by atoms with E-state index in [1.165, 1.54) is 23.5 Å². The van der Waals surface area contributed by atoms with Crippen LogP contribution in [0.4, 0.5) is 5.13 Å². The number of nitrogens with one attached hydrogen (secondary N) is 2. The largest absolute Gasteiger partial charge is 0.496 e. The predicted octanol–water partition coefficient (Wildman–Crippen LogP) is 5.11. The molecule has 0 bridgehead atoms. The molecular formula is C21H19Cl2N3O3S. The lowest BCUT2D eigenvalue weighted by atomic mass is 10.1. The molecule has 3 rings (SSSR count). The van der Waals surface area contributed by atoms with Gasteiger partial charge in [0.25, 0.3) is 5.91 Å². The summed E-state index contributed by atoms with van der Waals surface area (Å²) in [7, 11) is 1.63. The zero-order valence-corrected chi connectivity index (χ0v) is 18.8. The maximum absolute atomic E-state index is 12.3. The molecule has 156 valence electrons. The Labute approximate surface area is 188 Å². The highest BCUT2D eigenvalue weighted by Crippen LogP contribution is 2.32. The van der Waals surface area contributed by atoms with E-state index < -0.39 is 5.91 Å². The molecule has 9 heteroatoms. The number of methoxy groups -OCH3 is 1. The monoisotopic (exact) mass is 463 g/mol. The minimum absolute atomic E-state index is 0.215. The van der Waals surface area contributed by atoms with Crippen LogP contribution >= 0.6 is 34.5 Å². The maximum atomic E-state index is 12.3. The highest BCUT2D eigenvalue weighted by Gasteiger charge is 2.15. The van der Waals surface area contributed by atoms with Crippen LogP contribution in [0, 0.1) is 13.8 Å². The molecule has 0 fully saturated rings. The molecule has 1 heterocycles. The Morgan fingerprint density at radius 2 is 1.90 bits per heavy atom. The van der Waals surface area contributed by atoms with Gasteiger partial charge in [-0.05, 0) is 55.8 Å². The summed E-state index contributed by atoms with van der Waals surface area (Å²) in [5.74, 6) is -0.0483. The fourth-order valence-corrected chi connectivity index (χ4v) is 4.18. The minimum atomic E-state index is -0.462. The van der Waals surface area contributed by atoms with Crippen molar-refractivity contribution in [3.05, 3.63) is 62.4 Å². The third-order valence-corrected chi connectivity index (χ3v) is 5.73. The van der Waals surface area contributed by atoms with Gasteiger partial charge in [0.05, 0.1) is 29.9 Å². The van der Waals surface area contributed by atoms with Crippen molar-refractivity contribution in [2.24, 2.45) is 0 Å². The summed E-state index contributed by atoms with van der Waals surface area (Å²) in [6.45, 7) is 3.68. The molecule has 0 aliphatic heterocycles. The van der Waals surface area contributed by atoms with Crippen LogP contribution in [0.15, 0.2) is 36.4 Å². The summed E-state index contributed by atoms with van der Waals surface area (Å²) in [5.41, 5.74) is 2.97. The van der Waals surface area contributed by atoms with Gasteiger partial charge >= 0.3 is 0 Å². The second kappa shape index (κ2) is 9.47. The van der Waals surface area contributed by atoms with Crippen LogP contribution in [0.2, 0.25) is 10.0 Å². The standard InChI is InChI=1S/C21H19Cl2N3O3S/c1-11-8-13(4-7-17(11)29-3)19-12(2)30-21(26-19)25-18(27)10-24-20(28)15-6-5-14(22)9-16(15)23/h4-9H,10H2,1-3H3,(H,24,28)(H,25,26,27). The number of aryl methyl sites for hydroxylation is 2. The van der Waals surface area contributed by atoms with Crippen LogP contribution in [-0.4, -0.2) is 30.5 Å². The number of rotatable bonds is 6. The van der Waals surface area contributed by atoms with Gasteiger partial charge in [-0.3, -0.25) is 9.59 Å². The molecule has 30 heavy (non-hydrogen) atoms. The van der Waals surface area contributed by atoms with Gasteiger partial charge in [-0.25, -0.2) is 4.98 Å². The number of ether oxygens (including phenoxy) is 1. The van der Waals surface area contributed by atoms with Gasteiger partial charge < -0.3 is 15.4 Å². The highest BCUT2D eigenvalue weighted by molar-refractivity contribution is 7.16. The lowest BCUT2D eigenvalue weighted by Gasteiger charge is -2.07. The summed E-state index contributed by atoms with van der Waals surface area (Å²) in [6, 6.07) is 10.3. The molecule has 0 saturated carbocycles. The third kappa shape index (κ3) is 5.11. The van der Waals surface area contributed by atoms with Crippen LogP contribution in [0.5, 0.6) is 5.75 Å². The van der Waals surface area contributed by atoms with Crippen molar-refractivity contribution in [3.8, 4) is 17.0 Å². The first-order chi connectivity index (χ1) is 14.3. The average molecular weight is 464 g/mol. The molecule has 0 aliphatic carbocycles. The van der Waals surface area contributed by atoms with Gasteiger partial charge in [-0.15, -0.1) is 11.3 Å². The molecule has 0 atom stereocenters. The van der Waals surface area contributed by atoms with Crippen molar-refractivity contribution in [2.45, 2.75) is 13.8 Å². The van der Waals surface area contributed by atoms with E-state index in [-0.39, 0.29) is 23.0 Å². The smallest absolute Gasteiger partial charge is 0.253 e. The molecule has 6 nitrogen and oxygen atoms in total. The van der Waals surface area contributed by atoms with Crippen molar-refractivity contribution >= 4 is 51.5 Å². The lowest BCUT2D eigenvalue weighted by Crippen LogP contribution is -2.33. The summed E-state index contributed by atoms with van der Waals surface area (Å²) in [4.78, 5) is 30.0. The molecule has 0 spiro atoms. The molecule has 1 aromatic heterocycles. The Morgan fingerprint density at radius 3 is 2.57 bits per heavy atom. The molecule has 3 aromatic rings. The first-order valence-corrected chi connectivity index (χ1v) is 10.5. The Hall–Kier alpha value is -2.61. The fraction of sp³-hybridized carbons (Fsp3) is 0.190. The highest BCUT2D eigenvalue weighted by atomic mass is 35.5. The Bertz CT molecular complexity index is 1110. The van der Waals surface area contributed by atoms with E-state index in [9.17, 15) is 9.59 Å². The molecule has 0 unspecified atom stereocenters. The van der Waals surface area contributed by atoms with E-state index in [1.807, 2.05) is 32.0 Å². The summed E-state index contributed by atoms with van der Waals surface area (Å²) in [5, 5.41) is 6.36. The Balaban J connectivity index is 1.64. The summed E-state index contributed by atoms with van der Waals surface area (Å²) >= 11 is 13.2. The van der Waals surface area contributed by atoms with Crippen molar-refractivity contribution in [3.63, 3.8) is 0 Å². The number of hydrogen-bond donors (Lipinski definition) is 2. The van der Waals surface area contributed by atoms with Crippen molar-refractivity contribution in [2.75, 3.05) is 19.0 Å². The summed E-state index contributed by atoms with van der Waals surface area (Å²) < 4.78 is 5.29. The minimum Gasteiger partial charge on any atom is -0.496 e. The maximum Gasteiger partial charge on any atom is 0.253 e. The number of aromatic nitrogens is 1. The normalized spacial score (nSPS) is 10.6. The molecule has 0 radical (unpaired) electrons. The van der Waals surface area contributed by atoms with E-state index in [2.05, 4.69) is 15.6 Å². The van der Waals surface area contributed by atoms with E-state index in [4.69, 9.17) is 27.9 Å². The third-order valence-electron chi connectivity index (χ3n) is 4.30. The molecule has 0 aliphatic rings. The van der Waals surface area contributed by atoms with E-state index >= 15 is 0 Å². The number of carbonyl (C=O) groups excluding carboxylic acids is 2. The number of anilines is 1. The zero-order valence-electron chi connectivity index (χ0n) is 16.5. The fourth-order valence-electron chi connectivity index (χ4n) is 2.84. The van der Waals surface area contributed by atoms with Gasteiger partial charge in [0.1, 0.15) is 5.75 Å². The van der Waals surface area contributed by atoms with E-state index in [1.54, 1.807) is 13.2 Å². The van der Waals surface area contributed by atoms with Crippen molar-refractivity contribution in [1.82, 2.24) is 10.3 Å². The Kier molecular flexibility index (Phi) is 6.97. The number of hydrogen-bond acceptors (Lipinski definition) is 5. The molecule has 0 saturated heterocycles. The van der Waals surface area contributed by atoms with Gasteiger partial charge in [0.15, 0.2) is 5.13 Å². The van der Waals surface area contributed by atoms with E-state index in [0.29, 0.717) is 10.2 Å². The molecule has 2 N–H and O–H groups in total. The van der Waals surface area contributed by atoms with Gasteiger partial charge in [0, 0.05) is 15.5 Å². The van der Waals surface area contributed by atoms with Crippen molar-refractivity contribution in [1.29, 1.82) is 0 Å². The summed E-state index contributed by atoms with van der Waals surface area (Å²) in [6.07, 6.45) is 0. The number of carbonyl (C=O) groups is 2. The predicted molar refractivity (Wildman–Crippen MR) is 121 cm³/mol. The molecule has 2 amide bonds. The van der Waals surface area contributed by atoms with Crippen LogP contribution in [0.1, 0.15) is 20.8 Å². The number of thiazole rings is 1. The molecule has 2 aromatic carbocycles. The topological polar surface area (TPSA) is 80.3 Å². The van der Waals surface area contributed by atoms with Crippen LogP contribution < -0.4 is 15.4 Å². The van der Waals surface area contributed by atoms with E-state index in [0.717, 1.165) is 27.4 Å². The van der Waals surface area contributed by atoms with Crippen LogP contribution in [0.3, 0.4) is 0 Å². The quantitative estimate of drug-likeness (QED) is 0.531. The van der Waals surface area contributed by atoms with Crippen LogP contribution in [-0.2, 0) is 4.79 Å². The first kappa shape index (κ1) is 22.1. The zero-order chi connectivity index (χ0) is 21.8. The number of amides is 2. The average Bonchev–Trinajstić information content (AvgIpc) is 3.06. The number of benzene rings is 2. The lowest BCUT2D eigenvalue weighted by molar-refractivity contribution is -0.115. The Morgan fingerprint density at radius 1 is 1.13 bits per heavy atom. The van der Waals surface area contributed by atoms with Crippen molar-refractivity contribution < 1.29 is 14.3 Å². The second-order valence-corrected chi connectivity index (χ2v) is 8.51. The second-order valence-electron chi connectivity index (χ2n) is 6.46. The number of nitrogens with zero attached hydrogens (tertiary/aromatic N) is 1.